The van der Waals surface area contributed by atoms with Gasteiger partial charge in [0, 0.05) is 11.1 Å². The summed E-state index contributed by atoms with van der Waals surface area (Å²) in [7, 11) is 0. The topological polar surface area (TPSA) is 59.0 Å². The molecule has 0 spiro atoms. The molecule has 0 aromatic carbocycles. The highest BCUT2D eigenvalue weighted by Crippen LogP contribution is 2.31. The van der Waals surface area contributed by atoms with Gasteiger partial charge < -0.3 is 14.6 Å². The minimum atomic E-state index is -1.18. The molecule has 5 nitrogen and oxygen atoms in total. The fraction of sp³-hybridized carbons (Fsp3) is 0.643. The fourth-order valence-corrected chi connectivity index (χ4v) is 2.38. The number of aliphatic carboxylic acids is 1. The van der Waals surface area contributed by atoms with E-state index in [-0.39, 0.29) is 16.8 Å². The molecule has 0 bridgehead atoms. The van der Waals surface area contributed by atoms with Crippen LogP contribution in [0.15, 0.2) is 24.7 Å². The van der Waals surface area contributed by atoms with E-state index in [1.54, 1.807) is 0 Å². The van der Waals surface area contributed by atoms with Gasteiger partial charge in [-0.15, -0.1) is 0 Å². The van der Waals surface area contributed by atoms with E-state index >= 15 is 0 Å². The highest BCUT2D eigenvalue weighted by atomic mass is 16.5. The Morgan fingerprint density at radius 1 is 1.26 bits per heavy atom. The molecular weight excluding hydrogens is 246 g/mol. The Balaban J connectivity index is 2.75. The molecule has 0 atom stereocenters. The van der Waals surface area contributed by atoms with Crippen LogP contribution in [0, 0.1) is 0 Å². The lowest BCUT2D eigenvalue weighted by molar-refractivity contribution is -0.137. The summed E-state index contributed by atoms with van der Waals surface area (Å²) in [5, 5.41) is 8.74. The van der Waals surface area contributed by atoms with E-state index in [0.717, 1.165) is 0 Å². The third kappa shape index (κ3) is 3.81. The van der Waals surface area contributed by atoms with Gasteiger partial charge in [-0.2, -0.15) is 0 Å². The van der Waals surface area contributed by atoms with E-state index in [1.165, 1.54) is 0 Å². The van der Waals surface area contributed by atoms with Gasteiger partial charge >= 0.3 is 5.97 Å². The van der Waals surface area contributed by atoms with Gasteiger partial charge in [0.2, 0.25) is 5.76 Å². The van der Waals surface area contributed by atoms with E-state index in [9.17, 15) is 4.79 Å². The summed E-state index contributed by atoms with van der Waals surface area (Å²) in [6.07, 6.45) is 0. The van der Waals surface area contributed by atoms with Crippen molar-refractivity contribution in [1.82, 2.24) is 4.90 Å². The molecule has 1 heterocycles. The van der Waals surface area contributed by atoms with Gasteiger partial charge in [-0.3, -0.25) is 4.90 Å². The van der Waals surface area contributed by atoms with E-state index in [0.29, 0.717) is 25.5 Å². The third-order valence-corrected chi connectivity index (χ3v) is 3.21. The van der Waals surface area contributed by atoms with Crippen LogP contribution in [-0.2, 0) is 14.3 Å². The molecule has 5 heteroatoms. The Bertz CT molecular complexity index is 382. The normalized spacial score (nSPS) is 21.7. The number of hydrogen-bond donors (Lipinski definition) is 1. The highest BCUT2D eigenvalue weighted by Gasteiger charge is 2.42. The number of carbonyl (C=O) groups is 1. The second-order valence-electron chi connectivity index (χ2n) is 6.07. The molecule has 0 aromatic rings. The van der Waals surface area contributed by atoms with E-state index in [2.05, 4.69) is 45.8 Å². The van der Waals surface area contributed by atoms with Crippen molar-refractivity contribution in [2.24, 2.45) is 0 Å². The van der Waals surface area contributed by atoms with Gasteiger partial charge in [-0.05, 0) is 34.3 Å². The van der Waals surface area contributed by atoms with Crippen molar-refractivity contribution >= 4 is 5.97 Å². The van der Waals surface area contributed by atoms with Gasteiger partial charge in [-0.1, -0.05) is 6.58 Å². The molecule has 1 aliphatic rings. The fourth-order valence-electron chi connectivity index (χ4n) is 2.38. The molecule has 1 rings (SSSR count). The van der Waals surface area contributed by atoms with E-state index < -0.39 is 5.97 Å². The molecular formula is C14H23NO4. The van der Waals surface area contributed by atoms with Crippen LogP contribution in [0.4, 0.5) is 0 Å². The van der Waals surface area contributed by atoms with Crippen LogP contribution in [0.25, 0.3) is 0 Å². The first-order chi connectivity index (χ1) is 8.56. The molecule has 0 unspecified atom stereocenters. The Morgan fingerprint density at radius 3 is 2.16 bits per heavy atom. The maximum atomic E-state index is 10.7. The van der Waals surface area contributed by atoms with Gasteiger partial charge in [-0.25, -0.2) is 4.79 Å². The number of rotatable bonds is 5. The first-order valence-electron chi connectivity index (χ1n) is 6.19. The van der Waals surface area contributed by atoms with Crippen LogP contribution in [0.2, 0.25) is 0 Å². The van der Waals surface area contributed by atoms with Crippen molar-refractivity contribution in [3.63, 3.8) is 0 Å². The molecule has 1 saturated heterocycles. The lowest BCUT2D eigenvalue weighted by atomic mass is 9.91. The summed E-state index contributed by atoms with van der Waals surface area (Å²) >= 11 is 0. The number of morpholine rings is 1. The van der Waals surface area contributed by atoms with Gasteiger partial charge in [0.25, 0.3) is 0 Å². The SMILES string of the molecule is C=C(CN1C(C)(C)COCC1(C)C)OC(=C)C(=O)O. The number of carboxylic acid groups (broad SMARTS) is 1. The summed E-state index contributed by atoms with van der Waals surface area (Å²) in [5.41, 5.74) is -0.336. The predicted molar refractivity (Wildman–Crippen MR) is 72.7 cm³/mol. The highest BCUT2D eigenvalue weighted by molar-refractivity contribution is 5.83. The van der Waals surface area contributed by atoms with Crippen LogP contribution in [0.1, 0.15) is 27.7 Å². The van der Waals surface area contributed by atoms with E-state index in [4.69, 9.17) is 14.6 Å². The Kier molecular flexibility index (Phi) is 4.43. The molecule has 108 valence electrons. The lowest BCUT2D eigenvalue weighted by Crippen LogP contribution is -2.63. The molecule has 0 saturated carbocycles. The van der Waals surface area contributed by atoms with Crippen molar-refractivity contribution in [3.05, 3.63) is 24.7 Å². The molecule has 19 heavy (non-hydrogen) atoms. The molecule has 0 amide bonds. The first-order valence-corrected chi connectivity index (χ1v) is 6.19. The maximum absolute atomic E-state index is 10.7. The maximum Gasteiger partial charge on any atom is 0.371 e. The van der Waals surface area contributed by atoms with Gasteiger partial charge in [0.05, 0.1) is 19.8 Å². The summed E-state index contributed by atoms with van der Waals surface area (Å²) in [6, 6.07) is 0. The van der Waals surface area contributed by atoms with Crippen molar-refractivity contribution in [3.8, 4) is 0 Å². The average molecular weight is 269 g/mol. The summed E-state index contributed by atoms with van der Waals surface area (Å²) in [5.74, 6) is -1.12. The molecule has 0 aliphatic carbocycles. The van der Waals surface area contributed by atoms with Gasteiger partial charge in [0.15, 0.2) is 0 Å². The lowest BCUT2D eigenvalue weighted by Gasteiger charge is -2.52. The monoisotopic (exact) mass is 269 g/mol. The second-order valence-corrected chi connectivity index (χ2v) is 6.07. The summed E-state index contributed by atoms with van der Waals surface area (Å²) < 4.78 is 10.7. The summed E-state index contributed by atoms with van der Waals surface area (Å²) in [4.78, 5) is 12.9. The number of ether oxygens (including phenoxy) is 2. The Hall–Kier alpha value is -1.33. The van der Waals surface area contributed by atoms with Crippen molar-refractivity contribution in [1.29, 1.82) is 0 Å². The van der Waals surface area contributed by atoms with E-state index in [1.807, 2.05) is 0 Å². The van der Waals surface area contributed by atoms with Crippen LogP contribution >= 0.6 is 0 Å². The average Bonchev–Trinajstić information content (AvgIpc) is 2.23. The Labute approximate surface area is 114 Å². The number of nitrogens with zero attached hydrogens (tertiary/aromatic N) is 1. The Morgan fingerprint density at radius 2 is 1.74 bits per heavy atom. The quantitative estimate of drug-likeness (QED) is 0.611. The smallest absolute Gasteiger partial charge is 0.371 e. The largest absolute Gasteiger partial charge is 0.475 e. The van der Waals surface area contributed by atoms with Crippen molar-refractivity contribution in [2.45, 2.75) is 38.8 Å². The zero-order valence-corrected chi connectivity index (χ0v) is 12.2. The molecule has 0 radical (unpaired) electrons. The molecule has 1 N–H and O–H groups in total. The number of hydrogen-bond acceptors (Lipinski definition) is 4. The van der Waals surface area contributed by atoms with Crippen LogP contribution in [-0.4, -0.2) is 46.8 Å². The van der Waals surface area contributed by atoms with Crippen molar-refractivity contribution < 1.29 is 19.4 Å². The first kappa shape index (κ1) is 15.7. The second kappa shape index (κ2) is 5.35. The zero-order valence-electron chi connectivity index (χ0n) is 12.2. The number of carboxylic acids is 1. The molecule has 1 fully saturated rings. The zero-order chi connectivity index (χ0) is 14.8. The van der Waals surface area contributed by atoms with Gasteiger partial charge in [0.1, 0.15) is 5.76 Å². The predicted octanol–water partition coefficient (Wildman–Crippen LogP) is 2.00. The minimum Gasteiger partial charge on any atom is -0.475 e. The standard InChI is InChI=1S/C14H23NO4/c1-10(19-11(2)12(16)17)7-15-13(3,4)8-18-9-14(15,5)6/h1-2,7-9H2,3-6H3,(H,16,17). The molecule has 0 aromatic heterocycles. The summed E-state index contributed by atoms with van der Waals surface area (Å²) in [6.45, 7) is 17.1. The minimum absolute atomic E-state index is 0.168. The third-order valence-electron chi connectivity index (χ3n) is 3.21. The molecule has 1 aliphatic heterocycles. The van der Waals surface area contributed by atoms with Crippen LogP contribution < -0.4 is 0 Å². The van der Waals surface area contributed by atoms with Crippen LogP contribution in [0.3, 0.4) is 0 Å². The van der Waals surface area contributed by atoms with Crippen molar-refractivity contribution in [2.75, 3.05) is 19.8 Å². The van der Waals surface area contributed by atoms with Crippen LogP contribution in [0.5, 0.6) is 0 Å².